The van der Waals surface area contributed by atoms with E-state index in [1.165, 1.54) is 25.3 Å². The van der Waals surface area contributed by atoms with Gasteiger partial charge in [-0.1, -0.05) is 12.1 Å². The van der Waals surface area contributed by atoms with Crippen molar-refractivity contribution in [3.05, 3.63) is 64.2 Å². The van der Waals surface area contributed by atoms with Crippen LogP contribution in [0.1, 0.15) is 10.4 Å². The molecule has 2 aromatic carbocycles. The van der Waals surface area contributed by atoms with Crippen LogP contribution in [-0.2, 0) is 0 Å². The smallest absolute Gasteiger partial charge is 0.271 e. The van der Waals surface area contributed by atoms with E-state index in [4.69, 9.17) is 17.0 Å². The minimum absolute atomic E-state index is 0.0401. The molecule has 2 aromatic rings. The number of nitro benzene ring substituents is 1. The van der Waals surface area contributed by atoms with Crippen LogP contribution in [0.4, 0.5) is 11.4 Å². The highest BCUT2D eigenvalue weighted by atomic mass is 32.1. The van der Waals surface area contributed by atoms with Gasteiger partial charge in [-0.15, -0.1) is 0 Å². The van der Waals surface area contributed by atoms with Crippen LogP contribution in [0.2, 0.25) is 0 Å². The van der Waals surface area contributed by atoms with E-state index in [1.54, 1.807) is 30.3 Å². The summed E-state index contributed by atoms with van der Waals surface area (Å²) in [6.45, 7) is 0. The molecule has 2 rings (SSSR count). The molecule has 0 heterocycles. The van der Waals surface area contributed by atoms with Crippen LogP contribution in [0.5, 0.6) is 5.75 Å². The molecule has 8 heteroatoms. The second-order valence-corrected chi connectivity index (χ2v) is 4.86. The Balaban J connectivity index is 2.02. The van der Waals surface area contributed by atoms with Crippen molar-refractivity contribution < 1.29 is 14.5 Å². The third-order valence-corrected chi connectivity index (χ3v) is 3.08. The Hall–Kier alpha value is -3.00. The standard InChI is InChI=1S/C15H13N3O4S/c1-22-13-7-2-4-10(8-13)14(19)17-15(23)16-11-5-3-6-12(9-11)18(20)21/h2-9H,1H3,(H2,16,17,19,23). The Morgan fingerprint density at radius 1 is 1.22 bits per heavy atom. The maximum atomic E-state index is 12.1. The molecule has 0 aromatic heterocycles. The van der Waals surface area contributed by atoms with Crippen molar-refractivity contribution in [3.8, 4) is 5.75 Å². The molecule has 0 aliphatic carbocycles. The lowest BCUT2D eigenvalue weighted by Gasteiger charge is -2.10. The van der Waals surface area contributed by atoms with Crippen LogP contribution in [0.25, 0.3) is 0 Å². The first-order valence-corrected chi connectivity index (χ1v) is 6.91. The summed E-state index contributed by atoms with van der Waals surface area (Å²) in [5.74, 6) is 0.141. The number of thiocarbonyl (C=S) groups is 1. The Morgan fingerprint density at radius 2 is 1.96 bits per heavy atom. The highest BCUT2D eigenvalue weighted by Gasteiger charge is 2.10. The van der Waals surface area contributed by atoms with Crippen LogP contribution >= 0.6 is 12.2 Å². The fourth-order valence-corrected chi connectivity index (χ4v) is 2.01. The molecule has 7 nitrogen and oxygen atoms in total. The molecule has 0 aliphatic rings. The van der Waals surface area contributed by atoms with Gasteiger partial charge in [-0.3, -0.25) is 20.2 Å². The minimum Gasteiger partial charge on any atom is -0.497 e. The van der Waals surface area contributed by atoms with Crippen molar-refractivity contribution in [2.75, 3.05) is 12.4 Å². The van der Waals surface area contributed by atoms with Crippen molar-refractivity contribution in [2.24, 2.45) is 0 Å². The average Bonchev–Trinajstić information content (AvgIpc) is 2.55. The first-order chi connectivity index (χ1) is 11.0. The molecule has 2 N–H and O–H groups in total. The number of nitro groups is 1. The maximum Gasteiger partial charge on any atom is 0.271 e. The molecule has 0 fully saturated rings. The number of nitrogens with one attached hydrogen (secondary N) is 2. The molecule has 0 saturated heterocycles. The summed E-state index contributed by atoms with van der Waals surface area (Å²) >= 11 is 5.04. The number of nitrogens with zero attached hydrogens (tertiary/aromatic N) is 1. The number of ether oxygens (including phenoxy) is 1. The van der Waals surface area contributed by atoms with Gasteiger partial charge in [0.25, 0.3) is 11.6 Å². The molecular formula is C15H13N3O4S. The van der Waals surface area contributed by atoms with Crippen LogP contribution in [0, 0.1) is 10.1 Å². The Morgan fingerprint density at radius 3 is 2.65 bits per heavy atom. The minimum atomic E-state index is -0.511. The molecule has 0 saturated carbocycles. The number of hydrogen-bond acceptors (Lipinski definition) is 5. The van der Waals surface area contributed by atoms with E-state index in [0.29, 0.717) is 17.0 Å². The van der Waals surface area contributed by atoms with E-state index in [-0.39, 0.29) is 10.8 Å². The number of non-ortho nitro benzene ring substituents is 1. The predicted molar refractivity (Wildman–Crippen MR) is 89.8 cm³/mol. The third kappa shape index (κ3) is 4.48. The molecule has 1 amide bonds. The van der Waals surface area contributed by atoms with Crippen molar-refractivity contribution in [1.82, 2.24) is 5.32 Å². The van der Waals surface area contributed by atoms with E-state index in [2.05, 4.69) is 10.6 Å². The van der Waals surface area contributed by atoms with E-state index in [9.17, 15) is 14.9 Å². The summed E-state index contributed by atoms with van der Waals surface area (Å²) in [5.41, 5.74) is 0.722. The van der Waals surface area contributed by atoms with Crippen LogP contribution in [0.15, 0.2) is 48.5 Å². The number of rotatable bonds is 4. The summed E-state index contributed by atoms with van der Waals surface area (Å²) in [5, 5.41) is 16.0. The molecule has 23 heavy (non-hydrogen) atoms. The number of carbonyl (C=O) groups is 1. The van der Waals surface area contributed by atoms with Crippen LogP contribution in [0.3, 0.4) is 0 Å². The Labute approximate surface area is 137 Å². The quantitative estimate of drug-likeness (QED) is 0.508. The van der Waals surface area contributed by atoms with Crippen LogP contribution in [-0.4, -0.2) is 23.1 Å². The number of amides is 1. The lowest BCUT2D eigenvalue weighted by molar-refractivity contribution is -0.384. The molecule has 0 unspecified atom stereocenters. The summed E-state index contributed by atoms with van der Waals surface area (Å²) in [6.07, 6.45) is 0. The van der Waals surface area contributed by atoms with E-state index in [1.807, 2.05) is 0 Å². The summed E-state index contributed by atoms with van der Waals surface area (Å²) < 4.78 is 5.05. The molecule has 118 valence electrons. The van der Waals surface area contributed by atoms with Gasteiger partial charge in [0.15, 0.2) is 5.11 Å². The normalized spacial score (nSPS) is 9.78. The van der Waals surface area contributed by atoms with Crippen molar-refractivity contribution in [1.29, 1.82) is 0 Å². The largest absolute Gasteiger partial charge is 0.497 e. The molecular weight excluding hydrogens is 318 g/mol. The van der Waals surface area contributed by atoms with Crippen LogP contribution < -0.4 is 15.4 Å². The zero-order valence-electron chi connectivity index (χ0n) is 12.1. The lowest BCUT2D eigenvalue weighted by Crippen LogP contribution is -2.34. The Kier molecular flexibility index (Phi) is 5.21. The van der Waals surface area contributed by atoms with Gasteiger partial charge in [-0.25, -0.2) is 0 Å². The van der Waals surface area contributed by atoms with Gasteiger partial charge in [0.2, 0.25) is 0 Å². The Bertz CT molecular complexity index is 764. The van der Waals surface area contributed by atoms with Gasteiger partial charge in [-0.2, -0.15) is 0 Å². The predicted octanol–water partition coefficient (Wildman–Crippen LogP) is 2.73. The first kappa shape index (κ1) is 16.4. The second-order valence-electron chi connectivity index (χ2n) is 4.45. The van der Waals surface area contributed by atoms with E-state index in [0.717, 1.165) is 0 Å². The van der Waals surface area contributed by atoms with Crippen molar-refractivity contribution in [3.63, 3.8) is 0 Å². The van der Waals surface area contributed by atoms with Gasteiger partial charge in [0.1, 0.15) is 5.75 Å². The first-order valence-electron chi connectivity index (χ1n) is 6.50. The fourth-order valence-electron chi connectivity index (χ4n) is 1.80. The summed E-state index contributed by atoms with van der Waals surface area (Å²) in [6, 6.07) is 12.4. The molecule has 0 spiro atoms. The van der Waals surface area contributed by atoms with Gasteiger partial charge < -0.3 is 10.1 Å². The molecule has 0 bridgehead atoms. The van der Waals surface area contributed by atoms with E-state index >= 15 is 0 Å². The zero-order valence-corrected chi connectivity index (χ0v) is 12.9. The topological polar surface area (TPSA) is 93.5 Å². The average molecular weight is 331 g/mol. The number of hydrogen-bond donors (Lipinski definition) is 2. The number of carbonyl (C=O) groups excluding carboxylic acids is 1. The second kappa shape index (κ2) is 7.32. The van der Waals surface area contributed by atoms with Crippen molar-refractivity contribution in [2.45, 2.75) is 0 Å². The monoisotopic (exact) mass is 331 g/mol. The highest BCUT2D eigenvalue weighted by Crippen LogP contribution is 2.17. The SMILES string of the molecule is COc1cccc(C(=O)NC(=S)Nc2cccc([N+](=O)[O-])c2)c1. The van der Waals surface area contributed by atoms with Gasteiger partial charge >= 0.3 is 0 Å². The number of benzene rings is 2. The summed E-state index contributed by atoms with van der Waals surface area (Å²) in [4.78, 5) is 22.3. The van der Waals surface area contributed by atoms with Crippen molar-refractivity contribution >= 4 is 34.6 Å². The number of methoxy groups -OCH3 is 1. The summed E-state index contributed by atoms with van der Waals surface area (Å²) in [7, 11) is 1.51. The lowest BCUT2D eigenvalue weighted by atomic mass is 10.2. The fraction of sp³-hybridized carbons (Fsp3) is 0.0667. The van der Waals surface area contributed by atoms with Gasteiger partial charge in [0.05, 0.1) is 12.0 Å². The third-order valence-electron chi connectivity index (χ3n) is 2.87. The van der Waals surface area contributed by atoms with Gasteiger partial charge in [-0.05, 0) is 36.5 Å². The zero-order chi connectivity index (χ0) is 16.8. The maximum absolute atomic E-state index is 12.1. The molecule has 0 aliphatic heterocycles. The number of anilines is 1. The molecule has 0 atom stereocenters. The molecule has 0 radical (unpaired) electrons. The van der Waals surface area contributed by atoms with Gasteiger partial charge in [0, 0.05) is 23.4 Å². The highest BCUT2D eigenvalue weighted by molar-refractivity contribution is 7.80. The van der Waals surface area contributed by atoms with E-state index < -0.39 is 10.8 Å².